The lowest BCUT2D eigenvalue weighted by atomic mass is 9.87. The van der Waals surface area contributed by atoms with Gasteiger partial charge in [0.15, 0.2) is 11.5 Å². The van der Waals surface area contributed by atoms with Gasteiger partial charge in [-0.15, -0.1) is 0 Å². The number of rotatable bonds is 4. The van der Waals surface area contributed by atoms with Crippen LogP contribution < -0.4 is 18.9 Å². The fraction of sp³-hybridized carbons (Fsp3) is 0.300. The SMILES string of the molecule is COc1ccc([C@@H]2COc3c(ccc(OC(C)=O)c3OC(C)=O)[C@H]2O)cc1. The number of carbonyl (C=O) groups excluding carboxylic acids is 2. The smallest absolute Gasteiger partial charge is 0.308 e. The topological polar surface area (TPSA) is 91.3 Å². The molecule has 3 rings (SSSR count). The number of carbonyl (C=O) groups is 2. The number of benzene rings is 2. The molecule has 27 heavy (non-hydrogen) atoms. The maximum Gasteiger partial charge on any atom is 0.308 e. The molecule has 2 aromatic carbocycles. The molecule has 0 amide bonds. The Hall–Kier alpha value is -3.06. The van der Waals surface area contributed by atoms with Crippen LogP contribution in [0.25, 0.3) is 0 Å². The minimum Gasteiger partial charge on any atom is -0.497 e. The lowest BCUT2D eigenvalue weighted by molar-refractivity contribution is -0.134. The summed E-state index contributed by atoms with van der Waals surface area (Å²) in [7, 11) is 1.58. The monoisotopic (exact) mass is 372 g/mol. The van der Waals surface area contributed by atoms with Crippen LogP contribution in [-0.2, 0) is 9.59 Å². The van der Waals surface area contributed by atoms with Crippen molar-refractivity contribution in [1.82, 2.24) is 0 Å². The molecule has 1 aliphatic rings. The Morgan fingerprint density at radius 2 is 1.70 bits per heavy atom. The van der Waals surface area contributed by atoms with E-state index in [2.05, 4.69) is 0 Å². The van der Waals surface area contributed by atoms with Crippen LogP contribution in [0.15, 0.2) is 36.4 Å². The summed E-state index contributed by atoms with van der Waals surface area (Å²) in [5.74, 6) is -0.500. The van der Waals surface area contributed by atoms with Crippen molar-refractivity contribution in [2.45, 2.75) is 25.9 Å². The van der Waals surface area contributed by atoms with Crippen LogP contribution in [0.5, 0.6) is 23.0 Å². The second-order valence-corrected chi connectivity index (χ2v) is 6.13. The van der Waals surface area contributed by atoms with E-state index in [0.29, 0.717) is 11.3 Å². The molecule has 2 aromatic rings. The molecule has 0 aromatic heterocycles. The molecule has 0 fully saturated rings. The van der Waals surface area contributed by atoms with Crippen LogP contribution in [0.3, 0.4) is 0 Å². The van der Waals surface area contributed by atoms with Crippen molar-refractivity contribution in [3.8, 4) is 23.0 Å². The summed E-state index contributed by atoms with van der Waals surface area (Å²) in [4.78, 5) is 22.8. The summed E-state index contributed by atoms with van der Waals surface area (Å²) in [6.07, 6.45) is -0.886. The third kappa shape index (κ3) is 3.88. The molecule has 1 heterocycles. The summed E-state index contributed by atoms with van der Waals surface area (Å²) in [6.45, 7) is 2.64. The number of ether oxygens (including phenoxy) is 4. The molecular formula is C20H20O7. The van der Waals surface area contributed by atoms with Crippen LogP contribution in [0.4, 0.5) is 0 Å². The van der Waals surface area contributed by atoms with Crippen molar-refractivity contribution < 1.29 is 33.6 Å². The van der Waals surface area contributed by atoms with E-state index in [0.717, 1.165) is 5.56 Å². The lowest BCUT2D eigenvalue weighted by Crippen LogP contribution is -2.25. The quantitative estimate of drug-likeness (QED) is 0.652. The number of aliphatic hydroxyl groups is 1. The van der Waals surface area contributed by atoms with Gasteiger partial charge in [-0.25, -0.2) is 0 Å². The van der Waals surface area contributed by atoms with Gasteiger partial charge >= 0.3 is 11.9 Å². The standard InChI is InChI=1S/C20H20O7/c1-11(21)26-17-9-8-15-18(23)16(13-4-6-14(24-3)7-5-13)10-25-19(15)20(17)27-12(2)22/h4-9,16,18,23H,10H2,1-3H3/t16-,18+/m0/s1. The molecule has 0 unspecified atom stereocenters. The van der Waals surface area contributed by atoms with Crippen LogP contribution in [0.2, 0.25) is 0 Å². The van der Waals surface area contributed by atoms with Crippen LogP contribution in [0, 0.1) is 0 Å². The molecule has 7 nitrogen and oxygen atoms in total. The van der Waals surface area contributed by atoms with Gasteiger partial charge in [-0.05, 0) is 29.8 Å². The molecule has 2 atom stereocenters. The van der Waals surface area contributed by atoms with Crippen LogP contribution >= 0.6 is 0 Å². The highest BCUT2D eigenvalue weighted by atomic mass is 16.6. The van der Waals surface area contributed by atoms with Gasteiger partial charge in [0.25, 0.3) is 0 Å². The molecule has 7 heteroatoms. The van der Waals surface area contributed by atoms with E-state index in [1.807, 2.05) is 24.3 Å². The molecule has 142 valence electrons. The highest BCUT2D eigenvalue weighted by Crippen LogP contribution is 2.49. The first-order valence-electron chi connectivity index (χ1n) is 8.39. The number of esters is 2. The maximum atomic E-state index is 11.5. The van der Waals surface area contributed by atoms with E-state index in [1.54, 1.807) is 13.2 Å². The van der Waals surface area contributed by atoms with E-state index >= 15 is 0 Å². The Labute approximate surface area is 156 Å². The first-order valence-corrected chi connectivity index (χ1v) is 8.39. The lowest BCUT2D eigenvalue weighted by Gasteiger charge is -2.32. The molecule has 0 spiro atoms. The Morgan fingerprint density at radius 3 is 2.30 bits per heavy atom. The van der Waals surface area contributed by atoms with E-state index in [-0.39, 0.29) is 29.8 Å². The van der Waals surface area contributed by atoms with Crippen molar-refractivity contribution in [2.75, 3.05) is 13.7 Å². The summed E-state index contributed by atoms with van der Waals surface area (Å²) >= 11 is 0. The second-order valence-electron chi connectivity index (χ2n) is 6.13. The van der Waals surface area contributed by atoms with Gasteiger partial charge in [0.1, 0.15) is 5.75 Å². The fourth-order valence-corrected chi connectivity index (χ4v) is 3.03. The van der Waals surface area contributed by atoms with E-state index in [9.17, 15) is 14.7 Å². The normalized spacial score (nSPS) is 18.1. The number of aliphatic hydroxyl groups excluding tert-OH is 1. The zero-order valence-electron chi connectivity index (χ0n) is 15.2. The van der Waals surface area contributed by atoms with Gasteiger partial charge in [-0.3, -0.25) is 9.59 Å². The molecule has 1 N–H and O–H groups in total. The van der Waals surface area contributed by atoms with Gasteiger partial charge in [0.2, 0.25) is 5.75 Å². The van der Waals surface area contributed by atoms with Gasteiger partial charge in [-0.2, -0.15) is 0 Å². The molecule has 0 saturated heterocycles. The second kappa shape index (κ2) is 7.67. The molecule has 1 aliphatic heterocycles. The number of fused-ring (bicyclic) bond motifs is 1. The zero-order chi connectivity index (χ0) is 19.6. The maximum absolute atomic E-state index is 11.5. The van der Waals surface area contributed by atoms with Crippen LogP contribution in [0.1, 0.15) is 37.0 Å². The first kappa shape index (κ1) is 18.7. The predicted octanol–water partition coefficient (Wildman–Crippen LogP) is 2.76. The van der Waals surface area contributed by atoms with Gasteiger partial charge in [0, 0.05) is 25.3 Å². The largest absolute Gasteiger partial charge is 0.497 e. The summed E-state index contributed by atoms with van der Waals surface area (Å²) in [5.41, 5.74) is 1.33. The minimum atomic E-state index is -0.886. The summed E-state index contributed by atoms with van der Waals surface area (Å²) in [6, 6.07) is 10.4. The highest BCUT2D eigenvalue weighted by Gasteiger charge is 2.34. The Kier molecular flexibility index (Phi) is 5.32. The van der Waals surface area contributed by atoms with E-state index in [1.165, 1.54) is 19.9 Å². The molecule has 0 saturated carbocycles. The van der Waals surface area contributed by atoms with Crippen LogP contribution in [-0.4, -0.2) is 30.8 Å². The predicted molar refractivity (Wildman–Crippen MR) is 95.2 cm³/mol. The Bertz CT molecular complexity index is 857. The number of methoxy groups -OCH3 is 1. The zero-order valence-corrected chi connectivity index (χ0v) is 15.2. The average Bonchev–Trinajstić information content (AvgIpc) is 2.63. The number of hydrogen-bond acceptors (Lipinski definition) is 7. The summed E-state index contributed by atoms with van der Waals surface area (Å²) in [5, 5.41) is 10.9. The average molecular weight is 372 g/mol. The van der Waals surface area contributed by atoms with Crippen molar-refractivity contribution >= 4 is 11.9 Å². The minimum absolute atomic E-state index is 0.0116. The number of hydrogen-bond donors (Lipinski definition) is 1. The van der Waals surface area contributed by atoms with Crippen molar-refractivity contribution in [2.24, 2.45) is 0 Å². The third-order valence-electron chi connectivity index (χ3n) is 4.26. The molecular weight excluding hydrogens is 352 g/mol. The first-order chi connectivity index (χ1) is 12.9. The summed E-state index contributed by atoms with van der Waals surface area (Å²) < 4.78 is 21.3. The van der Waals surface area contributed by atoms with Crippen molar-refractivity contribution in [3.05, 3.63) is 47.5 Å². The van der Waals surface area contributed by atoms with Gasteiger partial charge in [-0.1, -0.05) is 12.1 Å². The molecule has 0 aliphatic carbocycles. The van der Waals surface area contributed by atoms with Gasteiger partial charge < -0.3 is 24.1 Å². The van der Waals surface area contributed by atoms with Gasteiger partial charge in [0.05, 0.1) is 19.8 Å². The van der Waals surface area contributed by atoms with Crippen molar-refractivity contribution in [1.29, 1.82) is 0 Å². The van der Waals surface area contributed by atoms with Crippen molar-refractivity contribution in [3.63, 3.8) is 0 Å². The fourth-order valence-electron chi connectivity index (χ4n) is 3.03. The Morgan fingerprint density at radius 1 is 1.04 bits per heavy atom. The van der Waals surface area contributed by atoms with E-state index < -0.39 is 18.0 Å². The van der Waals surface area contributed by atoms with E-state index in [4.69, 9.17) is 18.9 Å². The highest BCUT2D eigenvalue weighted by molar-refractivity contribution is 5.76. The molecule has 0 bridgehead atoms. The Balaban J connectivity index is 1.98. The molecule has 0 radical (unpaired) electrons. The third-order valence-corrected chi connectivity index (χ3v) is 4.26.